The molecule has 0 saturated carbocycles. The van der Waals surface area contributed by atoms with Crippen LogP contribution in [0.1, 0.15) is 0 Å². The molecule has 0 heterocycles. The highest BCUT2D eigenvalue weighted by atomic mass is 16.6. The van der Waals surface area contributed by atoms with Crippen molar-refractivity contribution in [2.45, 2.75) is 0 Å². The maximum Gasteiger partial charge on any atom is 0.299 e. The van der Waals surface area contributed by atoms with Crippen LogP contribution in [0.3, 0.4) is 0 Å². The second kappa shape index (κ2) is 8.99. The minimum Gasteiger partial charge on any atom is -0.378 e. The predicted molar refractivity (Wildman–Crippen MR) is 93.8 cm³/mol. The summed E-state index contributed by atoms with van der Waals surface area (Å²) in [6, 6.07) is 2.43. The van der Waals surface area contributed by atoms with E-state index in [4.69, 9.17) is 0 Å². The molecule has 0 amide bonds. The topological polar surface area (TPSA) is 117 Å². The number of anilines is 2. The molecule has 10 heteroatoms. The summed E-state index contributed by atoms with van der Waals surface area (Å²) in [5.74, 6) is 0. The molecule has 0 radical (unpaired) electrons. The summed E-state index contributed by atoms with van der Waals surface area (Å²) in [6.07, 6.45) is 0. The van der Waals surface area contributed by atoms with Crippen molar-refractivity contribution in [1.82, 2.24) is 9.80 Å². The summed E-state index contributed by atoms with van der Waals surface area (Å²) in [6.45, 7) is 2.33. The highest BCUT2D eigenvalue weighted by Gasteiger charge is 2.24. The van der Waals surface area contributed by atoms with Crippen LogP contribution in [0.5, 0.6) is 0 Å². The summed E-state index contributed by atoms with van der Waals surface area (Å²) in [4.78, 5) is 25.1. The summed E-state index contributed by atoms with van der Waals surface area (Å²) >= 11 is 0. The van der Waals surface area contributed by atoms with Gasteiger partial charge in [-0.25, -0.2) is 0 Å². The number of nitrogens with zero attached hydrogens (tertiary/aromatic N) is 4. The first kappa shape index (κ1) is 19.6. The van der Waals surface area contributed by atoms with Gasteiger partial charge in [0.1, 0.15) is 11.4 Å². The smallest absolute Gasteiger partial charge is 0.299 e. The lowest BCUT2D eigenvalue weighted by Crippen LogP contribution is -2.22. The zero-order valence-corrected chi connectivity index (χ0v) is 14.4. The first-order valence-corrected chi connectivity index (χ1v) is 7.46. The molecular weight excluding hydrogens is 316 g/mol. The molecule has 2 N–H and O–H groups in total. The van der Waals surface area contributed by atoms with Crippen LogP contribution in [-0.2, 0) is 0 Å². The quantitative estimate of drug-likeness (QED) is 0.485. The van der Waals surface area contributed by atoms with Crippen LogP contribution in [0.25, 0.3) is 0 Å². The fourth-order valence-electron chi connectivity index (χ4n) is 1.99. The Hall–Kier alpha value is -2.46. The van der Waals surface area contributed by atoms with Gasteiger partial charge in [-0.3, -0.25) is 20.2 Å². The van der Waals surface area contributed by atoms with Crippen LogP contribution in [0.4, 0.5) is 22.7 Å². The van der Waals surface area contributed by atoms with Gasteiger partial charge >= 0.3 is 0 Å². The molecule has 0 aliphatic carbocycles. The third kappa shape index (κ3) is 5.97. The van der Waals surface area contributed by atoms with Crippen molar-refractivity contribution < 1.29 is 9.85 Å². The van der Waals surface area contributed by atoms with E-state index in [1.165, 1.54) is 6.07 Å². The Balaban J connectivity index is 3.10. The number of benzene rings is 1. The summed E-state index contributed by atoms with van der Waals surface area (Å²) in [5.41, 5.74) is -0.0863. The van der Waals surface area contributed by atoms with Gasteiger partial charge in [-0.2, -0.15) is 0 Å². The molecule has 0 fully saturated rings. The largest absolute Gasteiger partial charge is 0.378 e. The van der Waals surface area contributed by atoms with Gasteiger partial charge in [-0.15, -0.1) is 0 Å². The SMILES string of the molecule is CN(C)CCNc1cc(NCCN(C)C)c([N+](=O)[O-])cc1[N+](=O)[O-]. The van der Waals surface area contributed by atoms with E-state index in [2.05, 4.69) is 10.6 Å². The molecule has 0 aromatic heterocycles. The number of likely N-dealkylation sites (N-methyl/N-ethyl adjacent to an activating group) is 2. The van der Waals surface area contributed by atoms with Crippen molar-refractivity contribution in [3.8, 4) is 0 Å². The van der Waals surface area contributed by atoms with Crippen LogP contribution >= 0.6 is 0 Å². The first-order valence-electron chi connectivity index (χ1n) is 7.46. The minimum absolute atomic E-state index is 0.264. The molecule has 24 heavy (non-hydrogen) atoms. The van der Waals surface area contributed by atoms with E-state index in [1.54, 1.807) is 0 Å². The maximum atomic E-state index is 11.2. The fourth-order valence-corrected chi connectivity index (χ4v) is 1.99. The van der Waals surface area contributed by atoms with Gasteiger partial charge in [0.2, 0.25) is 0 Å². The lowest BCUT2D eigenvalue weighted by molar-refractivity contribution is -0.393. The van der Waals surface area contributed by atoms with Crippen molar-refractivity contribution in [2.75, 3.05) is 65.0 Å². The average molecular weight is 340 g/mol. The zero-order chi connectivity index (χ0) is 18.3. The molecule has 0 atom stereocenters. The van der Waals surface area contributed by atoms with Crippen molar-refractivity contribution in [3.63, 3.8) is 0 Å². The molecule has 0 unspecified atom stereocenters. The molecular formula is C14H24N6O4. The van der Waals surface area contributed by atoms with Gasteiger partial charge < -0.3 is 20.4 Å². The van der Waals surface area contributed by atoms with E-state index in [0.717, 1.165) is 6.07 Å². The Kier molecular flexibility index (Phi) is 7.33. The number of hydrogen-bond donors (Lipinski definition) is 2. The van der Waals surface area contributed by atoms with Gasteiger partial charge in [-0.05, 0) is 34.3 Å². The van der Waals surface area contributed by atoms with Crippen LogP contribution < -0.4 is 10.6 Å². The molecule has 1 rings (SSSR count). The van der Waals surface area contributed by atoms with Crippen molar-refractivity contribution >= 4 is 22.7 Å². The molecule has 10 nitrogen and oxygen atoms in total. The van der Waals surface area contributed by atoms with E-state index in [9.17, 15) is 20.2 Å². The Morgan fingerprint density at radius 3 is 1.50 bits per heavy atom. The molecule has 1 aromatic carbocycles. The van der Waals surface area contributed by atoms with E-state index in [-0.39, 0.29) is 22.7 Å². The van der Waals surface area contributed by atoms with Crippen LogP contribution in [0.2, 0.25) is 0 Å². The zero-order valence-electron chi connectivity index (χ0n) is 14.4. The second-order valence-electron chi connectivity index (χ2n) is 5.86. The second-order valence-corrected chi connectivity index (χ2v) is 5.86. The first-order chi connectivity index (χ1) is 11.2. The molecule has 0 saturated heterocycles. The van der Waals surface area contributed by atoms with Gasteiger partial charge in [0.25, 0.3) is 11.4 Å². The van der Waals surface area contributed by atoms with Crippen LogP contribution in [0.15, 0.2) is 12.1 Å². The Morgan fingerprint density at radius 1 is 0.833 bits per heavy atom. The van der Waals surface area contributed by atoms with Gasteiger partial charge in [0.05, 0.1) is 15.9 Å². The highest BCUT2D eigenvalue weighted by molar-refractivity contribution is 5.76. The maximum absolute atomic E-state index is 11.2. The monoisotopic (exact) mass is 340 g/mol. The summed E-state index contributed by atoms with van der Waals surface area (Å²) < 4.78 is 0. The third-order valence-electron chi connectivity index (χ3n) is 3.26. The van der Waals surface area contributed by atoms with E-state index < -0.39 is 9.85 Å². The number of nitro benzene ring substituents is 2. The number of nitrogens with one attached hydrogen (secondary N) is 2. The van der Waals surface area contributed by atoms with Crippen molar-refractivity contribution in [3.05, 3.63) is 32.4 Å². The molecule has 0 aliphatic rings. The van der Waals surface area contributed by atoms with E-state index in [1.807, 2.05) is 38.0 Å². The van der Waals surface area contributed by atoms with Crippen molar-refractivity contribution in [1.29, 1.82) is 0 Å². The number of hydrogen-bond acceptors (Lipinski definition) is 8. The van der Waals surface area contributed by atoms with E-state index >= 15 is 0 Å². The standard InChI is InChI=1S/C14H24N6O4/c1-17(2)7-5-15-11-9-12(16-6-8-18(3)4)14(20(23)24)10-13(11)19(21)22/h9-10,15-16H,5-8H2,1-4H3. The normalized spacial score (nSPS) is 10.9. The van der Waals surface area contributed by atoms with Crippen LogP contribution in [0, 0.1) is 20.2 Å². The summed E-state index contributed by atoms with van der Waals surface area (Å²) in [7, 11) is 7.56. The number of rotatable bonds is 10. The minimum atomic E-state index is -0.616. The molecule has 1 aromatic rings. The lowest BCUT2D eigenvalue weighted by Gasteiger charge is -2.14. The number of nitro groups is 2. The lowest BCUT2D eigenvalue weighted by atomic mass is 10.2. The molecule has 0 aliphatic heterocycles. The Labute approximate surface area is 140 Å². The molecule has 0 spiro atoms. The molecule has 0 bridgehead atoms. The van der Waals surface area contributed by atoms with Gasteiger partial charge in [0.15, 0.2) is 0 Å². The highest BCUT2D eigenvalue weighted by Crippen LogP contribution is 2.35. The summed E-state index contributed by atoms with van der Waals surface area (Å²) in [5, 5.41) is 28.4. The third-order valence-corrected chi connectivity index (χ3v) is 3.26. The van der Waals surface area contributed by atoms with Crippen molar-refractivity contribution in [2.24, 2.45) is 0 Å². The van der Waals surface area contributed by atoms with Gasteiger partial charge in [-0.1, -0.05) is 0 Å². The fraction of sp³-hybridized carbons (Fsp3) is 0.571. The Morgan fingerprint density at radius 2 is 1.21 bits per heavy atom. The average Bonchev–Trinajstić information content (AvgIpc) is 2.45. The Bertz CT molecular complexity index is 544. The molecule has 134 valence electrons. The van der Waals surface area contributed by atoms with E-state index in [0.29, 0.717) is 26.2 Å². The van der Waals surface area contributed by atoms with Gasteiger partial charge in [0, 0.05) is 26.2 Å². The predicted octanol–water partition coefficient (Wildman–Crippen LogP) is 1.45. The van der Waals surface area contributed by atoms with Crippen LogP contribution in [-0.4, -0.2) is 74.0 Å².